The Bertz CT molecular complexity index is 314. The van der Waals surface area contributed by atoms with E-state index in [4.69, 9.17) is 0 Å². The van der Waals surface area contributed by atoms with E-state index in [1.54, 1.807) is 0 Å². The zero-order valence-electron chi connectivity index (χ0n) is 10.6. The second-order valence-electron chi connectivity index (χ2n) is 5.21. The summed E-state index contributed by atoms with van der Waals surface area (Å²) in [5.74, 6) is 0. The van der Waals surface area contributed by atoms with E-state index in [0.717, 1.165) is 6.54 Å². The van der Waals surface area contributed by atoms with Gasteiger partial charge in [0.1, 0.15) is 0 Å². The van der Waals surface area contributed by atoms with Crippen molar-refractivity contribution in [1.29, 1.82) is 0 Å². The summed E-state index contributed by atoms with van der Waals surface area (Å²) in [6.07, 6.45) is 6.39. The molecule has 0 saturated carbocycles. The molecule has 0 aliphatic heterocycles. The van der Waals surface area contributed by atoms with E-state index in [1.807, 2.05) is 6.20 Å². The summed E-state index contributed by atoms with van der Waals surface area (Å²) in [7, 11) is 0. The van der Waals surface area contributed by atoms with Crippen LogP contribution in [0.1, 0.15) is 46.6 Å². The fourth-order valence-electron chi connectivity index (χ4n) is 1.60. The largest absolute Gasteiger partial charge is 0.310 e. The zero-order chi connectivity index (χ0) is 12.2. The van der Waals surface area contributed by atoms with Gasteiger partial charge in [0, 0.05) is 18.3 Å². The van der Waals surface area contributed by atoms with Gasteiger partial charge in [-0.15, -0.1) is 0 Å². The summed E-state index contributed by atoms with van der Waals surface area (Å²) in [6.45, 7) is 9.79. The third-order valence-electron chi connectivity index (χ3n) is 2.43. The Morgan fingerprint density at radius 1 is 1.50 bits per heavy atom. The van der Waals surface area contributed by atoms with Crippen LogP contribution >= 0.6 is 22.6 Å². The minimum absolute atomic E-state index is 0.173. The molecule has 1 N–H and O–H groups in total. The smallest absolute Gasteiger partial charge is 0.0644 e. The Balaban J connectivity index is 2.61. The molecule has 0 fully saturated rings. The fourth-order valence-corrected chi connectivity index (χ4v) is 2.01. The molecule has 3 nitrogen and oxygen atoms in total. The molecule has 0 aliphatic carbocycles. The van der Waals surface area contributed by atoms with Gasteiger partial charge < -0.3 is 5.32 Å². The molecule has 0 spiro atoms. The summed E-state index contributed by atoms with van der Waals surface area (Å²) in [5, 5.41) is 7.96. The highest BCUT2D eigenvalue weighted by atomic mass is 127. The molecule has 0 aromatic carbocycles. The first-order valence-corrected chi connectivity index (χ1v) is 6.95. The minimum Gasteiger partial charge on any atom is -0.310 e. The molecule has 0 radical (unpaired) electrons. The molecule has 0 saturated heterocycles. The van der Waals surface area contributed by atoms with Crippen molar-refractivity contribution in [2.24, 2.45) is 0 Å². The quantitative estimate of drug-likeness (QED) is 0.838. The molecule has 0 amide bonds. The van der Waals surface area contributed by atoms with Crippen LogP contribution in [0.2, 0.25) is 0 Å². The van der Waals surface area contributed by atoms with Gasteiger partial charge in [0.2, 0.25) is 0 Å². The highest BCUT2D eigenvalue weighted by Gasteiger charge is 2.15. The lowest BCUT2D eigenvalue weighted by atomic mass is 10.1. The molecule has 1 aromatic rings. The van der Waals surface area contributed by atoms with Crippen molar-refractivity contribution in [3.05, 3.63) is 16.0 Å². The molecule has 1 rings (SSSR count). The van der Waals surface area contributed by atoms with Gasteiger partial charge in [0.25, 0.3) is 0 Å². The highest BCUT2D eigenvalue weighted by Crippen LogP contribution is 2.15. The van der Waals surface area contributed by atoms with Crippen LogP contribution in [0.15, 0.2) is 12.4 Å². The van der Waals surface area contributed by atoms with E-state index in [2.05, 4.69) is 71.6 Å². The normalized spacial score (nSPS) is 14.1. The van der Waals surface area contributed by atoms with Crippen molar-refractivity contribution < 1.29 is 0 Å². The summed E-state index contributed by atoms with van der Waals surface area (Å²) in [5.41, 5.74) is 0.173. The average Bonchev–Trinajstić information content (AvgIpc) is 2.57. The van der Waals surface area contributed by atoms with Crippen molar-refractivity contribution >= 4 is 22.6 Å². The molecule has 0 aliphatic rings. The van der Waals surface area contributed by atoms with E-state index in [0.29, 0.717) is 6.04 Å². The monoisotopic (exact) mass is 335 g/mol. The van der Waals surface area contributed by atoms with Crippen molar-refractivity contribution in [2.45, 2.75) is 52.1 Å². The van der Waals surface area contributed by atoms with Gasteiger partial charge in [-0.1, -0.05) is 13.3 Å². The first kappa shape index (κ1) is 14.0. The molecular weight excluding hydrogens is 313 g/mol. The van der Waals surface area contributed by atoms with E-state index in [9.17, 15) is 0 Å². The van der Waals surface area contributed by atoms with Gasteiger partial charge >= 0.3 is 0 Å². The van der Waals surface area contributed by atoms with Gasteiger partial charge in [0.05, 0.1) is 15.8 Å². The van der Waals surface area contributed by atoms with Crippen molar-refractivity contribution in [1.82, 2.24) is 15.1 Å². The van der Waals surface area contributed by atoms with Crippen molar-refractivity contribution in [3.8, 4) is 0 Å². The lowest BCUT2D eigenvalue weighted by molar-refractivity contribution is 0.336. The number of nitrogens with zero attached hydrogens (tertiary/aromatic N) is 2. The second-order valence-corrected chi connectivity index (χ2v) is 6.46. The Hall–Kier alpha value is -0.100. The molecule has 0 bridgehead atoms. The topological polar surface area (TPSA) is 29.9 Å². The minimum atomic E-state index is 0.173. The van der Waals surface area contributed by atoms with Crippen LogP contribution in [0.4, 0.5) is 0 Å². The van der Waals surface area contributed by atoms with Crippen LogP contribution in [-0.4, -0.2) is 21.9 Å². The molecule has 1 aromatic heterocycles. The van der Waals surface area contributed by atoms with Gasteiger partial charge in [-0.05, 0) is 49.8 Å². The number of halogens is 1. The standard InChI is InChI=1S/C12H22IN3/c1-5-6-11(8-14-12(2,3)4)16-9-10(13)7-15-16/h7,9,11,14H,5-6,8H2,1-4H3. The molecule has 1 heterocycles. The Kier molecular flexibility index (Phi) is 5.24. The number of hydrogen-bond donors (Lipinski definition) is 1. The Morgan fingerprint density at radius 2 is 2.19 bits per heavy atom. The summed E-state index contributed by atoms with van der Waals surface area (Å²) in [4.78, 5) is 0. The predicted molar refractivity (Wildman–Crippen MR) is 76.6 cm³/mol. The van der Waals surface area contributed by atoms with Crippen LogP contribution < -0.4 is 5.32 Å². The number of rotatable bonds is 5. The summed E-state index contributed by atoms with van der Waals surface area (Å²) >= 11 is 2.30. The van der Waals surface area contributed by atoms with E-state index in [1.165, 1.54) is 16.4 Å². The molecular formula is C12H22IN3. The first-order chi connectivity index (χ1) is 7.42. The van der Waals surface area contributed by atoms with Crippen molar-refractivity contribution in [3.63, 3.8) is 0 Å². The highest BCUT2D eigenvalue weighted by molar-refractivity contribution is 14.1. The Labute approximate surface area is 112 Å². The first-order valence-electron chi connectivity index (χ1n) is 5.87. The van der Waals surface area contributed by atoms with Crippen LogP contribution in [-0.2, 0) is 0 Å². The SMILES string of the molecule is CCCC(CNC(C)(C)C)n1cc(I)cn1. The van der Waals surface area contributed by atoms with E-state index >= 15 is 0 Å². The molecule has 1 atom stereocenters. The second kappa shape index (κ2) is 6.00. The number of hydrogen-bond acceptors (Lipinski definition) is 2. The Morgan fingerprint density at radius 3 is 2.62 bits per heavy atom. The van der Waals surface area contributed by atoms with E-state index in [-0.39, 0.29) is 5.54 Å². The maximum absolute atomic E-state index is 4.40. The summed E-state index contributed by atoms with van der Waals surface area (Å²) in [6, 6.07) is 0.466. The van der Waals surface area contributed by atoms with Crippen LogP contribution in [0.5, 0.6) is 0 Å². The lowest BCUT2D eigenvalue weighted by Gasteiger charge is -2.25. The summed E-state index contributed by atoms with van der Waals surface area (Å²) < 4.78 is 3.29. The maximum Gasteiger partial charge on any atom is 0.0644 e. The third kappa shape index (κ3) is 4.82. The van der Waals surface area contributed by atoms with E-state index < -0.39 is 0 Å². The maximum atomic E-state index is 4.40. The number of aromatic nitrogens is 2. The molecule has 92 valence electrons. The van der Waals surface area contributed by atoms with Crippen molar-refractivity contribution in [2.75, 3.05) is 6.54 Å². The average molecular weight is 335 g/mol. The number of nitrogens with one attached hydrogen (secondary N) is 1. The predicted octanol–water partition coefficient (Wildman–Crippen LogP) is 3.22. The van der Waals surface area contributed by atoms with Gasteiger partial charge in [-0.2, -0.15) is 5.10 Å². The van der Waals surface area contributed by atoms with Crippen LogP contribution in [0.3, 0.4) is 0 Å². The van der Waals surface area contributed by atoms with Crippen LogP contribution in [0, 0.1) is 3.57 Å². The van der Waals surface area contributed by atoms with Gasteiger partial charge in [0.15, 0.2) is 0 Å². The molecule has 16 heavy (non-hydrogen) atoms. The lowest BCUT2D eigenvalue weighted by Crippen LogP contribution is -2.39. The molecule has 1 unspecified atom stereocenters. The molecule has 4 heteroatoms. The van der Waals surface area contributed by atoms with Gasteiger partial charge in [-0.3, -0.25) is 4.68 Å². The third-order valence-corrected chi connectivity index (χ3v) is 2.99. The zero-order valence-corrected chi connectivity index (χ0v) is 12.8. The fraction of sp³-hybridized carbons (Fsp3) is 0.750. The van der Waals surface area contributed by atoms with Crippen LogP contribution in [0.25, 0.3) is 0 Å². The van der Waals surface area contributed by atoms with Gasteiger partial charge in [-0.25, -0.2) is 0 Å².